The fraction of sp³-hybridized carbons (Fsp3) is 0.636. The van der Waals surface area contributed by atoms with Gasteiger partial charge in [-0.05, 0) is 91.9 Å². The summed E-state index contributed by atoms with van der Waals surface area (Å²) in [7, 11) is 0. The van der Waals surface area contributed by atoms with Crippen LogP contribution in [0.4, 0.5) is 0 Å². The van der Waals surface area contributed by atoms with Crippen LogP contribution in [0.25, 0.3) is 0 Å². The van der Waals surface area contributed by atoms with E-state index < -0.39 is 29.4 Å². The number of amides is 1. The zero-order valence-corrected chi connectivity index (χ0v) is 24.5. The summed E-state index contributed by atoms with van der Waals surface area (Å²) in [5.74, 6) is 1.21. The molecule has 5 aliphatic rings. The second-order valence-electron chi connectivity index (χ2n) is 13.4. The third-order valence-electron chi connectivity index (χ3n) is 11.4. The van der Waals surface area contributed by atoms with E-state index in [1.165, 1.54) is 5.57 Å². The highest BCUT2D eigenvalue weighted by Crippen LogP contribution is 2.67. The Kier molecular flexibility index (Phi) is 7.44. The number of carbonyl (C=O) groups is 4. The summed E-state index contributed by atoms with van der Waals surface area (Å²) in [6.07, 6.45) is 7.83. The van der Waals surface area contributed by atoms with E-state index >= 15 is 0 Å². The minimum atomic E-state index is -1.54. The Morgan fingerprint density at radius 1 is 1.00 bits per heavy atom. The molecule has 0 unspecified atom stereocenters. The highest BCUT2D eigenvalue weighted by atomic mass is 16.7. The number of benzene rings is 1. The number of aliphatic hydroxyl groups is 1. The minimum absolute atomic E-state index is 0.0230. The van der Waals surface area contributed by atoms with E-state index in [-0.39, 0.29) is 49.2 Å². The van der Waals surface area contributed by atoms with Gasteiger partial charge in [-0.1, -0.05) is 25.5 Å². The number of ketones is 2. The second-order valence-corrected chi connectivity index (χ2v) is 13.4. The summed E-state index contributed by atoms with van der Waals surface area (Å²) in [5.41, 5.74) is 0.0505. The molecular formula is C33H41NO8. The summed E-state index contributed by atoms with van der Waals surface area (Å²) >= 11 is 0. The van der Waals surface area contributed by atoms with Crippen LogP contribution in [0.2, 0.25) is 0 Å². The molecule has 9 nitrogen and oxygen atoms in total. The number of allylic oxidation sites excluding steroid dienone is 1. The first-order valence-corrected chi connectivity index (χ1v) is 15.3. The molecule has 0 spiro atoms. The van der Waals surface area contributed by atoms with E-state index in [2.05, 4.69) is 12.2 Å². The average Bonchev–Trinajstić information content (AvgIpc) is 3.56. The highest BCUT2D eigenvalue weighted by molar-refractivity contribution is 5.92. The van der Waals surface area contributed by atoms with Crippen molar-refractivity contribution in [3.05, 3.63) is 35.4 Å². The number of ether oxygens (including phenoxy) is 3. The molecule has 226 valence electrons. The fourth-order valence-electron chi connectivity index (χ4n) is 8.93. The van der Waals surface area contributed by atoms with Gasteiger partial charge in [0.05, 0.1) is 6.42 Å². The lowest BCUT2D eigenvalue weighted by atomic mass is 9.46. The molecule has 0 aromatic heterocycles. The van der Waals surface area contributed by atoms with Crippen LogP contribution >= 0.6 is 0 Å². The van der Waals surface area contributed by atoms with Crippen molar-refractivity contribution in [1.29, 1.82) is 0 Å². The van der Waals surface area contributed by atoms with Gasteiger partial charge in [0.15, 0.2) is 23.9 Å². The molecule has 3 saturated carbocycles. The Labute approximate surface area is 246 Å². The van der Waals surface area contributed by atoms with Crippen LogP contribution < -0.4 is 14.8 Å². The van der Waals surface area contributed by atoms with Crippen molar-refractivity contribution in [3.63, 3.8) is 0 Å². The maximum Gasteiger partial charge on any atom is 0.306 e. The number of rotatable bonds is 8. The van der Waals surface area contributed by atoms with Crippen molar-refractivity contribution < 1.29 is 38.5 Å². The first kappa shape index (κ1) is 28.9. The number of carbonyl (C=O) groups excluding carboxylic acids is 4. The number of Topliss-reactive ketones (excluding diaryl/α,β-unsaturated/α-hetero) is 1. The largest absolute Gasteiger partial charge is 0.458 e. The average molecular weight is 580 g/mol. The van der Waals surface area contributed by atoms with Crippen LogP contribution in [0.1, 0.15) is 83.6 Å². The lowest BCUT2D eigenvalue weighted by Gasteiger charge is -2.58. The van der Waals surface area contributed by atoms with Gasteiger partial charge in [0.2, 0.25) is 18.5 Å². The molecule has 0 bridgehead atoms. The van der Waals surface area contributed by atoms with Crippen molar-refractivity contribution in [2.75, 3.05) is 13.4 Å². The third kappa shape index (κ3) is 4.83. The van der Waals surface area contributed by atoms with E-state index in [1.54, 1.807) is 12.1 Å². The summed E-state index contributed by atoms with van der Waals surface area (Å²) < 4.78 is 15.9. The van der Waals surface area contributed by atoms with Gasteiger partial charge in [-0.15, -0.1) is 0 Å². The van der Waals surface area contributed by atoms with Crippen LogP contribution in [0, 0.1) is 28.6 Å². The molecule has 0 radical (unpaired) electrons. The zero-order chi connectivity index (χ0) is 29.7. The molecule has 6 atom stereocenters. The van der Waals surface area contributed by atoms with E-state index in [9.17, 15) is 24.3 Å². The van der Waals surface area contributed by atoms with Crippen molar-refractivity contribution in [2.45, 2.75) is 90.2 Å². The lowest BCUT2D eigenvalue weighted by Crippen LogP contribution is -2.58. The second kappa shape index (κ2) is 10.8. The van der Waals surface area contributed by atoms with Crippen LogP contribution in [-0.2, 0) is 30.5 Å². The van der Waals surface area contributed by atoms with Crippen LogP contribution in [0.3, 0.4) is 0 Å². The topological polar surface area (TPSA) is 128 Å². The normalized spacial score (nSPS) is 34.5. The molecule has 1 heterocycles. The van der Waals surface area contributed by atoms with Crippen molar-refractivity contribution in [3.8, 4) is 11.5 Å². The van der Waals surface area contributed by atoms with Gasteiger partial charge in [0, 0.05) is 24.8 Å². The maximum atomic E-state index is 13.4. The number of hydrogen-bond donors (Lipinski definition) is 2. The van der Waals surface area contributed by atoms with Crippen molar-refractivity contribution in [2.24, 2.45) is 28.6 Å². The molecule has 1 aromatic rings. The predicted octanol–water partition coefficient (Wildman–Crippen LogP) is 4.19. The molecule has 1 aromatic carbocycles. The molecule has 3 fully saturated rings. The maximum absolute atomic E-state index is 13.4. The molecule has 42 heavy (non-hydrogen) atoms. The van der Waals surface area contributed by atoms with Gasteiger partial charge in [0.1, 0.15) is 5.60 Å². The van der Waals surface area contributed by atoms with Gasteiger partial charge < -0.3 is 24.6 Å². The monoisotopic (exact) mass is 579 g/mol. The zero-order valence-electron chi connectivity index (χ0n) is 24.5. The fourth-order valence-corrected chi connectivity index (χ4v) is 8.93. The van der Waals surface area contributed by atoms with Gasteiger partial charge >= 0.3 is 5.97 Å². The Bertz CT molecular complexity index is 1340. The van der Waals surface area contributed by atoms with Gasteiger partial charge in [0.25, 0.3) is 0 Å². The molecule has 1 aliphatic heterocycles. The molecule has 1 amide bonds. The first-order valence-electron chi connectivity index (χ1n) is 15.3. The Morgan fingerprint density at radius 3 is 2.62 bits per heavy atom. The predicted molar refractivity (Wildman–Crippen MR) is 151 cm³/mol. The summed E-state index contributed by atoms with van der Waals surface area (Å²) in [6.45, 7) is 4.33. The third-order valence-corrected chi connectivity index (χ3v) is 11.4. The van der Waals surface area contributed by atoms with Gasteiger partial charge in [-0.2, -0.15) is 0 Å². The highest BCUT2D eigenvalue weighted by Gasteiger charge is 2.66. The Morgan fingerprint density at radius 2 is 1.79 bits per heavy atom. The summed E-state index contributed by atoms with van der Waals surface area (Å²) in [6, 6.07) is 5.42. The van der Waals surface area contributed by atoms with E-state index in [1.807, 2.05) is 19.1 Å². The van der Waals surface area contributed by atoms with Crippen molar-refractivity contribution >= 4 is 23.4 Å². The minimum Gasteiger partial charge on any atom is -0.458 e. The quantitative estimate of drug-likeness (QED) is 0.439. The number of hydrogen-bond acceptors (Lipinski definition) is 8. The summed E-state index contributed by atoms with van der Waals surface area (Å²) in [4.78, 5) is 50.2. The smallest absolute Gasteiger partial charge is 0.306 e. The Hall–Kier alpha value is -3.20. The molecule has 6 rings (SSSR count). The van der Waals surface area contributed by atoms with Gasteiger partial charge in [-0.3, -0.25) is 19.2 Å². The van der Waals surface area contributed by atoms with Crippen molar-refractivity contribution in [1.82, 2.24) is 5.32 Å². The molecule has 0 saturated heterocycles. The number of nitrogens with one attached hydrogen (secondary N) is 1. The van der Waals surface area contributed by atoms with Crippen LogP contribution in [0.15, 0.2) is 29.8 Å². The Balaban J connectivity index is 0.998. The van der Waals surface area contributed by atoms with E-state index in [4.69, 9.17) is 14.2 Å². The van der Waals surface area contributed by atoms with Crippen LogP contribution in [-0.4, -0.2) is 47.6 Å². The SMILES string of the molecule is C[C@]12CCC(=O)C=C1CC[C@H]1[C@@H]2CC[C@]2(C)[C@H]1CC[C@]2(O)C(=O)COC(=O)CCC(=O)NCc1ccc2c(c1)OCO2. The molecule has 4 aliphatic carbocycles. The molecule has 2 N–H and O–H groups in total. The standard InChI is InChI=1S/C33H41NO8/c1-31-12-9-22(35)16-21(31)4-5-23-24(31)10-13-32(2)25(23)11-14-33(32,39)28(36)18-40-30(38)8-7-29(37)34-17-20-3-6-26-27(15-20)42-19-41-26/h3,6,15-16,23-25,39H,4-5,7-14,17-19H2,1-2H3,(H,34,37)/t23-,24-,25-,31-,32+,33-/m0/s1. The van der Waals surface area contributed by atoms with Crippen LogP contribution in [0.5, 0.6) is 11.5 Å². The number of esters is 1. The lowest BCUT2D eigenvalue weighted by molar-refractivity contribution is -0.170. The van der Waals surface area contributed by atoms with E-state index in [0.717, 1.165) is 44.1 Å². The number of fused-ring (bicyclic) bond motifs is 6. The van der Waals surface area contributed by atoms with Gasteiger partial charge in [-0.25, -0.2) is 0 Å². The molecule has 9 heteroatoms. The van der Waals surface area contributed by atoms with E-state index in [0.29, 0.717) is 36.2 Å². The summed E-state index contributed by atoms with van der Waals surface area (Å²) in [5, 5.41) is 14.6. The molecular weight excluding hydrogens is 538 g/mol. The first-order chi connectivity index (χ1) is 20.0.